The van der Waals surface area contributed by atoms with Crippen molar-refractivity contribution < 1.29 is 9.59 Å². The van der Waals surface area contributed by atoms with Crippen molar-refractivity contribution in [1.82, 2.24) is 0 Å². The van der Waals surface area contributed by atoms with Crippen molar-refractivity contribution in [2.45, 2.75) is 6.92 Å². The summed E-state index contributed by atoms with van der Waals surface area (Å²) in [6, 6.07) is 24.2. The van der Waals surface area contributed by atoms with Crippen molar-refractivity contribution in [3.8, 4) is 0 Å². The van der Waals surface area contributed by atoms with Crippen LogP contribution in [0.3, 0.4) is 0 Å². The van der Waals surface area contributed by atoms with E-state index in [0.29, 0.717) is 21.8 Å². The van der Waals surface area contributed by atoms with Crippen LogP contribution in [-0.4, -0.2) is 11.7 Å². The Morgan fingerprint density at radius 1 is 0.931 bits per heavy atom. The molecular formula is C25H18ClNO2. The van der Waals surface area contributed by atoms with Gasteiger partial charge in [-0.3, -0.25) is 14.5 Å². The van der Waals surface area contributed by atoms with Crippen LogP contribution in [0, 0.1) is 0 Å². The smallest absolute Gasteiger partial charge is 0.262 e. The zero-order valence-electron chi connectivity index (χ0n) is 15.8. The van der Waals surface area contributed by atoms with Gasteiger partial charge in [-0.1, -0.05) is 66.2 Å². The zero-order valence-corrected chi connectivity index (χ0v) is 16.6. The molecule has 0 bridgehead atoms. The number of rotatable bonds is 4. The molecule has 0 aliphatic carbocycles. The van der Waals surface area contributed by atoms with Crippen LogP contribution in [0.25, 0.3) is 11.8 Å². The standard InChI is InChI=1S/C25H18ClNO2/c1-17(28)20-8-5-9-23(15-20)27-24(19-6-3-2-4-7-19)16-21(25(27)29)14-18-10-12-22(26)13-11-18/h2-16H,1H3. The Bertz CT molecular complexity index is 1140. The van der Waals surface area contributed by atoms with Crippen molar-refractivity contribution in [3.05, 3.63) is 112 Å². The van der Waals surface area contributed by atoms with E-state index in [1.807, 2.05) is 60.7 Å². The van der Waals surface area contributed by atoms with E-state index < -0.39 is 0 Å². The second kappa shape index (κ2) is 7.90. The first-order valence-electron chi connectivity index (χ1n) is 9.23. The third kappa shape index (κ3) is 3.91. The van der Waals surface area contributed by atoms with Gasteiger partial charge in [-0.15, -0.1) is 0 Å². The first-order chi connectivity index (χ1) is 14.0. The Morgan fingerprint density at radius 3 is 2.34 bits per heavy atom. The maximum atomic E-state index is 13.3. The largest absolute Gasteiger partial charge is 0.295 e. The lowest BCUT2D eigenvalue weighted by Crippen LogP contribution is -2.25. The SMILES string of the molecule is CC(=O)c1cccc(N2C(=O)C(=Cc3ccc(Cl)cc3)C=C2c2ccccc2)c1. The van der Waals surface area contributed by atoms with Crippen LogP contribution in [0.4, 0.5) is 5.69 Å². The lowest BCUT2D eigenvalue weighted by Gasteiger charge is -2.21. The number of carbonyl (C=O) groups excluding carboxylic acids is 2. The van der Waals surface area contributed by atoms with Gasteiger partial charge in [0, 0.05) is 21.8 Å². The van der Waals surface area contributed by atoms with Crippen molar-refractivity contribution in [3.63, 3.8) is 0 Å². The Kier molecular flexibility index (Phi) is 5.15. The summed E-state index contributed by atoms with van der Waals surface area (Å²) in [5.41, 5.74) is 4.39. The summed E-state index contributed by atoms with van der Waals surface area (Å²) in [5, 5.41) is 0.646. The van der Waals surface area contributed by atoms with Crippen molar-refractivity contribution in [2.24, 2.45) is 0 Å². The molecule has 0 aromatic heterocycles. The molecule has 4 rings (SSSR count). The van der Waals surface area contributed by atoms with E-state index in [2.05, 4.69) is 0 Å². The highest BCUT2D eigenvalue weighted by Gasteiger charge is 2.30. The average Bonchev–Trinajstić information content (AvgIpc) is 3.06. The predicted octanol–water partition coefficient (Wildman–Crippen LogP) is 6.01. The second-order valence-corrected chi connectivity index (χ2v) is 7.23. The lowest BCUT2D eigenvalue weighted by atomic mass is 10.1. The molecular weight excluding hydrogens is 382 g/mol. The Morgan fingerprint density at radius 2 is 1.66 bits per heavy atom. The molecule has 0 saturated carbocycles. The zero-order chi connectivity index (χ0) is 20.4. The second-order valence-electron chi connectivity index (χ2n) is 6.79. The fourth-order valence-corrected chi connectivity index (χ4v) is 3.42. The molecule has 3 aromatic carbocycles. The topological polar surface area (TPSA) is 37.4 Å². The summed E-state index contributed by atoms with van der Waals surface area (Å²) < 4.78 is 0. The summed E-state index contributed by atoms with van der Waals surface area (Å²) in [4.78, 5) is 26.8. The summed E-state index contributed by atoms with van der Waals surface area (Å²) >= 11 is 5.97. The summed E-state index contributed by atoms with van der Waals surface area (Å²) in [6.45, 7) is 1.52. The van der Waals surface area contributed by atoms with Gasteiger partial charge in [0.1, 0.15) is 0 Å². The molecule has 0 N–H and O–H groups in total. The van der Waals surface area contributed by atoms with E-state index in [-0.39, 0.29) is 11.7 Å². The summed E-state index contributed by atoms with van der Waals surface area (Å²) in [5.74, 6) is -0.180. The van der Waals surface area contributed by atoms with E-state index in [0.717, 1.165) is 16.8 Å². The first kappa shape index (κ1) is 18.9. The first-order valence-corrected chi connectivity index (χ1v) is 9.60. The van der Waals surface area contributed by atoms with Gasteiger partial charge in [0.15, 0.2) is 5.78 Å². The van der Waals surface area contributed by atoms with Gasteiger partial charge in [0.05, 0.1) is 5.70 Å². The number of hydrogen-bond donors (Lipinski definition) is 0. The Balaban J connectivity index is 1.82. The van der Waals surface area contributed by atoms with Gasteiger partial charge >= 0.3 is 0 Å². The molecule has 29 heavy (non-hydrogen) atoms. The number of Topliss-reactive ketones (excluding diaryl/α,β-unsaturated/α-hetero) is 1. The number of benzene rings is 3. The van der Waals surface area contributed by atoms with Crippen LogP contribution >= 0.6 is 11.6 Å². The van der Waals surface area contributed by atoms with E-state index in [1.54, 1.807) is 35.2 Å². The number of anilines is 1. The van der Waals surface area contributed by atoms with E-state index in [9.17, 15) is 9.59 Å². The highest BCUT2D eigenvalue weighted by molar-refractivity contribution is 6.30. The van der Waals surface area contributed by atoms with Crippen LogP contribution in [0.1, 0.15) is 28.4 Å². The molecule has 0 fully saturated rings. The summed E-state index contributed by atoms with van der Waals surface area (Å²) in [6.07, 6.45) is 3.73. The van der Waals surface area contributed by atoms with Gasteiger partial charge < -0.3 is 0 Å². The molecule has 3 aromatic rings. The molecule has 0 radical (unpaired) electrons. The number of halogens is 1. The number of hydrogen-bond acceptors (Lipinski definition) is 2. The van der Waals surface area contributed by atoms with Crippen molar-refractivity contribution in [1.29, 1.82) is 0 Å². The van der Waals surface area contributed by atoms with Gasteiger partial charge in [0.25, 0.3) is 5.91 Å². The van der Waals surface area contributed by atoms with Crippen LogP contribution in [0.15, 0.2) is 90.5 Å². The quantitative estimate of drug-likeness (QED) is 0.397. The Hall–Kier alpha value is -3.43. The maximum Gasteiger partial charge on any atom is 0.262 e. The van der Waals surface area contributed by atoms with Crippen LogP contribution in [-0.2, 0) is 4.79 Å². The highest BCUT2D eigenvalue weighted by atomic mass is 35.5. The number of carbonyl (C=O) groups is 2. The number of ketones is 1. The third-order valence-corrected chi connectivity index (χ3v) is 5.01. The molecule has 3 nitrogen and oxygen atoms in total. The molecule has 0 atom stereocenters. The molecule has 142 valence electrons. The van der Waals surface area contributed by atoms with Crippen LogP contribution in [0.2, 0.25) is 5.02 Å². The molecule has 1 heterocycles. The average molecular weight is 400 g/mol. The molecule has 1 aliphatic heterocycles. The van der Waals surface area contributed by atoms with Crippen LogP contribution in [0.5, 0.6) is 0 Å². The Labute approximate surface area is 174 Å². The van der Waals surface area contributed by atoms with Gasteiger partial charge in [-0.2, -0.15) is 0 Å². The van der Waals surface area contributed by atoms with E-state index >= 15 is 0 Å². The molecule has 1 amide bonds. The van der Waals surface area contributed by atoms with Gasteiger partial charge in [-0.25, -0.2) is 0 Å². The minimum atomic E-state index is -0.139. The lowest BCUT2D eigenvalue weighted by molar-refractivity contribution is -0.113. The molecule has 0 saturated heterocycles. The minimum Gasteiger partial charge on any atom is -0.295 e. The van der Waals surface area contributed by atoms with E-state index in [1.165, 1.54) is 6.92 Å². The number of amides is 1. The minimum absolute atomic E-state index is 0.0410. The van der Waals surface area contributed by atoms with Crippen molar-refractivity contribution >= 4 is 40.8 Å². The van der Waals surface area contributed by atoms with Crippen molar-refractivity contribution in [2.75, 3.05) is 4.90 Å². The normalized spacial score (nSPS) is 15.0. The third-order valence-electron chi connectivity index (χ3n) is 4.76. The fourth-order valence-electron chi connectivity index (χ4n) is 3.30. The van der Waals surface area contributed by atoms with Crippen LogP contribution < -0.4 is 4.90 Å². The van der Waals surface area contributed by atoms with Gasteiger partial charge in [-0.05, 0) is 54.5 Å². The van der Waals surface area contributed by atoms with E-state index in [4.69, 9.17) is 11.6 Å². The monoisotopic (exact) mass is 399 g/mol. The number of nitrogens with zero attached hydrogens (tertiary/aromatic N) is 1. The molecule has 0 unspecified atom stereocenters. The van der Waals surface area contributed by atoms with Gasteiger partial charge in [0.2, 0.25) is 0 Å². The highest BCUT2D eigenvalue weighted by Crippen LogP contribution is 2.35. The molecule has 0 spiro atoms. The summed E-state index contributed by atoms with van der Waals surface area (Å²) in [7, 11) is 0. The maximum absolute atomic E-state index is 13.3. The predicted molar refractivity (Wildman–Crippen MR) is 118 cm³/mol. The molecule has 1 aliphatic rings. The molecule has 4 heteroatoms. The fraction of sp³-hybridized carbons (Fsp3) is 0.0400.